The van der Waals surface area contributed by atoms with Crippen molar-refractivity contribution in [2.24, 2.45) is 0 Å². The Kier molecular flexibility index (Phi) is 3.30. The van der Waals surface area contributed by atoms with Gasteiger partial charge in [-0.1, -0.05) is 23.7 Å². The van der Waals surface area contributed by atoms with Crippen LogP contribution in [-0.4, -0.2) is 9.78 Å². The molecule has 2 nitrogen and oxygen atoms in total. The van der Waals surface area contributed by atoms with Crippen molar-refractivity contribution in [3.63, 3.8) is 0 Å². The van der Waals surface area contributed by atoms with Crippen LogP contribution in [0.4, 0.5) is 17.6 Å². The molecule has 1 aromatic heterocycles. The summed E-state index contributed by atoms with van der Waals surface area (Å²) in [5, 5.41) is 3.26. The van der Waals surface area contributed by atoms with Crippen molar-refractivity contribution in [3.05, 3.63) is 52.6 Å². The summed E-state index contributed by atoms with van der Waals surface area (Å²) in [4.78, 5) is 0. The fourth-order valence-electron chi connectivity index (χ4n) is 1.45. The maximum Gasteiger partial charge on any atom is 0.435 e. The molecule has 2 aromatic rings. The third-order valence-corrected chi connectivity index (χ3v) is 2.59. The molecule has 0 unspecified atom stereocenters. The average molecular weight is 279 g/mol. The van der Waals surface area contributed by atoms with E-state index < -0.39 is 17.7 Å². The molecular weight excluding hydrogens is 272 g/mol. The molecule has 0 N–H and O–H groups in total. The average Bonchev–Trinajstić information content (AvgIpc) is 2.73. The van der Waals surface area contributed by atoms with E-state index in [4.69, 9.17) is 11.6 Å². The van der Waals surface area contributed by atoms with E-state index in [0.29, 0.717) is 0 Å². The highest BCUT2D eigenvalue weighted by molar-refractivity contribution is 6.30. The van der Waals surface area contributed by atoms with Gasteiger partial charge in [0.2, 0.25) is 0 Å². The van der Waals surface area contributed by atoms with Crippen LogP contribution in [-0.2, 0) is 12.7 Å². The fraction of sp³-hybridized carbons (Fsp3) is 0.182. The minimum Gasteiger partial charge on any atom is -0.268 e. The summed E-state index contributed by atoms with van der Waals surface area (Å²) in [5.41, 5.74) is -0.829. The molecule has 0 radical (unpaired) electrons. The predicted octanol–water partition coefficient (Wildman–Crippen LogP) is 3.74. The van der Waals surface area contributed by atoms with E-state index >= 15 is 0 Å². The van der Waals surface area contributed by atoms with Gasteiger partial charge in [-0.15, -0.1) is 0 Å². The number of halogens is 5. The van der Waals surface area contributed by atoms with Gasteiger partial charge in [-0.3, -0.25) is 4.68 Å². The monoisotopic (exact) mass is 278 g/mol. The van der Waals surface area contributed by atoms with Crippen molar-refractivity contribution in [2.75, 3.05) is 0 Å². The molecule has 0 atom stereocenters. The smallest absolute Gasteiger partial charge is 0.268 e. The van der Waals surface area contributed by atoms with E-state index in [9.17, 15) is 17.6 Å². The highest BCUT2D eigenvalue weighted by Gasteiger charge is 2.33. The number of benzene rings is 1. The zero-order valence-corrected chi connectivity index (χ0v) is 9.63. The zero-order chi connectivity index (χ0) is 13.3. The molecule has 0 amide bonds. The molecule has 0 saturated heterocycles. The minimum absolute atomic E-state index is 0.0734. The molecule has 0 aliphatic carbocycles. The fourth-order valence-corrected chi connectivity index (χ4v) is 1.64. The normalized spacial score (nSPS) is 11.8. The first-order valence-corrected chi connectivity index (χ1v) is 5.29. The summed E-state index contributed by atoms with van der Waals surface area (Å²) >= 11 is 5.57. The van der Waals surface area contributed by atoms with Crippen molar-refractivity contribution in [1.29, 1.82) is 0 Å². The van der Waals surface area contributed by atoms with Crippen LogP contribution >= 0.6 is 11.6 Å². The molecule has 0 spiro atoms. The summed E-state index contributed by atoms with van der Waals surface area (Å²) in [7, 11) is 0. The highest BCUT2D eigenvalue weighted by Crippen LogP contribution is 2.27. The van der Waals surface area contributed by atoms with Gasteiger partial charge in [0.05, 0.1) is 11.6 Å². The highest BCUT2D eigenvalue weighted by atomic mass is 35.5. The molecule has 1 aromatic carbocycles. The predicted molar refractivity (Wildman–Crippen MR) is 57.7 cm³/mol. The topological polar surface area (TPSA) is 17.8 Å². The van der Waals surface area contributed by atoms with Gasteiger partial charge in [0.15, 0.2) is 5.69 Å². The van der Waals surface area contributed by atoms with Gasteiger partial charge >= 0.3 is 6.18 Å². The Morgan fingerprint density at radius 1 is 1.22 bits per heavy atom. The lowest BCUT2D eigenvalue weighted by Gasteiger charge is -2.05. The maximum absolute atomic E-state index is 13.5. The molecule has 2 rings (SSSR count). The van der Waals surface area contributed by atoms with E-state index in [1.165, 1.54) is 18.2 Å². The second-order valence-electron chi connectivity index (χ2n) is 3.61. The molecule has 0 aliphatic rings. The summed E-state index contributed by atoms with van der Waals surface area (Å²) in [6.07, 6.45) is -3.36. The number of hydrogen-bond acceptors (Lipinski definition) is 1. The summed E-state index contributed by atoms with van der Waals surface area (Å²) in [6, 6.07) is 5.16. The molecule has 96 valence electrons. The van der Waals surface area contributed by atoms with Crippen molar-refractivity contribution in [3.8, 4) is 0 Å². The Morgan fingerprint density at radius 2 is 1.94 bits per heavy atom. The van der Waals surface area contributed by atoms with Crippen LogP contribution in [0.25, 0.3) is 0 Å². The number of nitrogens with zero attached hydrogens (tertiary/aromatic N) is 2. The van der Waals surface area contributed by atoms with Crippen LogP contribution in [0.2, 0.25) is 5.02 Å². The number of hydrogen-bond donors (Lipinski definition) is 0. The lowest BCUT2D eigenvalue weighted by atomic mass is 10.2. The van der Waals surface area contributed by atoms with Crippen LogP contribution < -0.4 is 0 Å². The molecule has 7 heteroatoms. The SMILES string of the molecule is Fc1c(Cl)cccc1Cn1ccc(C(F)(F)F)n1. The van der Waals surface area contributed by atoms with Gasteiger partial charge in [-0.2, -0.15) is 18.3 Å². The van der Waals surface area contributed by atoms with Crippen LogP contribution in [0.15, 0.2) is 30.5 Å². The van der Waals surface area contributed by atoms with Crippen LogP contribution in [0.3, 0.4) is 0 Å². The number of aromatic nitrogens is 2. The summed E-state index contributed by atoms with van der Waals surface area (Å²) in [5.74, 6) is -0.650. The Bertz CT molecular complexity index is 562. The second kappa shape index (κ2) is 4.61. The molecule has 0 aliphatic heterocycles. The lowest BCUT2D eigenvalue weighted by molar-refractivity contribution is -0.141. The Morgan fingerprint density at radius 3 is 2.56 bits per heavy atom. The van der Waals surface area contributed by atoms with Crippen LogP contribution in [0.1, 0.15) is 11.3 Å². The first-order valence-electron chi connectivity index (χ1n) is 4.91. The van der Waals surface area contributed by atoms with E-state index in [2.05, 4.69) is 5.10 Å². The van der Waals surface area contributed by atoms with E-state index in [-0.39, 0.29) is 17.1 Å². The first kappa shape index (κ1) is 12.9. The lowest BCUT2D eigenvalue weighted by Crippen LogP contribution is -2.09. The first-order chi connectivity index (χ1) is 8.38. The van der Waals surface area contributed by atoms with Gasteiger partial charge in [0.1, 0.15) is 5.82 Å². The van der Waals surface area contributed by atoms with Gasteiger partial charge in [0, 0.05) is 11.8 Å². The molecule has 18 heavy (non-hydrogen) atoms. The number of rotatable bonds is 2. The molecular formula is C11H7ClF4N2. The van der Waals surface area contributed by atoms with Gasteiger partial charge in [-0.25, -0.2) is 4.39 Å². The number of alkyl halides is 3. The van der Waals surface area contributed by atoms with Crippen molar-refractivity contribution >= 4 is 11.6 Å². The van der Waals surface area contributed by atoms with Gasteiger partial charge in [0.25, 0.3) is 0 Å². The van der Waals surface area contributed by atoms with E-state index in [0.717, 1.165) is 16.9 Å². The molecule has 0 saturated carbocycles. The summed E-state index contributed by atoms with van der Waals surface area (Å²) < 4.78 is 51.5. The second-order valence-corrected chi connectivity index (χ2v) is 4.02. The van der Waals surface area contributed by atoms with Crippen LogP contribution in [0, 0.1) is 5.82 Å². The standard InChI is InChI=1S/C11H7ClF4N2/c12-8-3-1-2-7(10(8)13)6-18-5-4-9(17-18)11(14,15)16/h1-5H,6H2. The third kappa shape index (κ3) is 2.64. The Balaban J connectivity index is 2.24. The molecule has 0 fully saturated rings. The van der Waals surface area contributed by atoms with Crippen molar-refractivity contribution < 1.29 is 17.6 Å². The molecule has 1 heterocycles. The largest absolute Gasteiger partial charge is 0.435 e. The Labute approximate surface area is 105 Å². The van der Waals surface area contributed by atoms with E-state index in [1.54, 1.807) is 0 Å². The van der Waals surface area contributed by atoms with Crippen molar-refractivity contribution in [2.45, 2.75) is 12.7 Å². The van der Waals surface area contributed by atoms with Gasteiger partial charge in [-0.05, 0) is 12.1 Å². The quantitative estimate of drug-likeness (QED) is 0.765. The third-order valence-electron chi connectivity index (χ3n) is 2.30. The van der Waals surface area contributed by atoms with E-state index in [1.807, 2.05) is 0 Å². The molecule has 0 bridgehead atoms. The Hall–Kier alpha value is -1.56. The summed E-state index contributed by atoms with van der Waals surface area (Å²) in [6.45, 7) is -0.109. The minimum atomic E-state index is -4.50. The van der Waals surface area contributed by atoms with Crippen molar-refractivity contribution in [1.82, 2.24) is 9.78 Å². The van der Waals surface area contributed by atoms with Gasteiger partial charge < -0.3 is 0 Å². The zero-order valence-electron chi connectivity index (χ0n) is 8.88. The van der Waals surface area contributed by atoms with Crippen LogP contribution in [0.5, 0.6) is 0 Å². The maximum atomic E-state index is 13.5.